The normalized spacial score (nSPS) is 13.5. The highest BCUT2D eigenvalue weighted by atomic mass is 32.2. The number of hydrogen-bond acceptors (Lipinski definition) is 4. The first-order chi connectivity index (χ1) is 8.83. The summed E-state index contributed by atoms with van der Waals surface area (Å²) in [4.78, 5) is -0.661. The van der Waals surface area contributed by atoms with Gasteiger partial charge in [0.1, 0.15) is 10.7 Å². The molecule has 0 amide bonds. The highest BCUT2D eigenvalue weighted by molar-refractivity contribution is 7.98. The molecule has 1 atom stereocenters. The molecule has 1 rings (SSSR count). The van der Waals surface area contributed by atoms with E-state index in [2.05, 4.69) is 4.72 Å². The predicted octanol–water partition coefficient (Wildman–Crippen LogP) is 1.49. The molecule has 0 heterocycles. The summed E-state index contributed by atoms with van der Waals surface area (Å²) in [6, 6.07) is 1.28. The lowest BCUT2D eigenvalue weighted by molar-refractivity contribution is 0.267. The van der Waals surface area contributed by atoms with E-state index in [1.54, 1.807) is 6.92 Å². The van der Waals surface area contributed by atoms with Gasteiger partial charge < -0.3 is 5.11 Å². The quantitative estimate of drug-likeness (QED) is 0.835. The molecule has 0 bridgehead atoms. The molecule has 1 aromatic rings. The van der Waals surface area contributed by atoms with Crippen molar-refractivity contribution < 1.29 is 22.3 Å². The summed E-state index contributed by atoms with van der Waals surface area (Å²) in [6.07, 6.45) is 1.81. The minimum Gasteiger partial charge on any atom is -0.391 e. The van der Waals surface area contributed by atoms with Crippen molar-refractivity contribution in [2.75, 3.05) is 12.0 Å². The van der Waals surface area contributed by atoms with Gasteiger partial charge >= 0.3 is 0 Å². The predicted molar refractivity (Wildman–Crippen MR) is 70.4 cm³/mol. The average Bonchev–Trinajstić information content (AvgIpc) is 2.28. The molecule has 0 saturated carbocycles. The minimum atomic E-state index is -4.08. The molecule has 0 aliphatic rings. The van der Waals surface area contributed by atoms with Crippen molar-refractivity contribution in [3.05, 3.63) is 29.3 Å². The fourth-order valence-electron chi connectivity index (χ4n) is 1.54. The van der Waals surface area contributed by atoms with Crippen molar-refractivity contribution in [1.82, 2.24) is 4.72 Å². The molecule has 19 heavy (non-hydrogen) atoms. The highest BCUT2D eigenvalue weighted by Gasteiger charge is 2.24. The SMILES string of the molecule is CSCC(C)NS(=O)(=O)c1ccc(F)c(CO)c1F. The zero-order valence-electron chi connectivity index (χ0n) is 10.5. The van der Waals surface area contributed by atoms with Crippen LogP contribution in [0.15, 0.2) is 17.0 Å². The summed E-state index contributed by atoms with van der Waals surface area (Å²) >= 11 is 1.44. The van der Waals surface area contributed by atoms with Gasteiger partial charge in [0.25, 0.3) is 0 Å². The Hall–Kier alpha value is -0.700. The molecule has 2 N–H and O–H groups in total. The van der Waals surface area contributed by atoms with Crippen molar-refractivity contribution in [2.45, 2.75) is 24.5 Å². The third-order valence-corrected chi connectivity index (χ3v) is 4.81. The van der Waals surface area contributed by atoms with E-state index in [-0.39, 0.29) is 6.04 Å². The molecular formula is C11H15F2NO3S2. The monoisotopic (exact) mass is 311 g/mol. The van der Waals surface area contributed by atoms with Crippen LogP contribution in [0.5, 0.6) is 0 Å². The molecule has 0 aliphatic heterocycles. The second-order valence-electron chi connectivity index (χ2n) is 3.97. The van der Waals surface area contributed by atoms with Crippen LogP contribution < -0.4 is 4.72 Å². The Morgan fingerprint density at radius 3 is 2.58 bits per heavy atom. The molecule has 4 nitrogen and oxygen atoms in total. The number of hydrogen-bond donors (Lipinski definition) is 2. The van der Waals surface area contributed by atoms with Crippen molar-refractivity contribution in [1.29, 1.82) is 0 Å². The summed E-state index contributed by atoms with van der Waals surface area (Å²) < 4.78 is 53.2. The number of nitrogens with one attached hydrogen (secondary N) is 1. The number of aliphatic hydroxyl groups excluding tert-OH is 1. The third kappa shape index (κ3) is 3.88. The van der Waals surface area contributed by atoms with Crippen LogP contribution in [-0.4, -0.2) is 31.6 Å². The van der Waals surface area contributed by atoms with Gasteiger partial charge in [0.2, 0.25) is 10.0 Å². The topological polar surface area (TPSA) is 66.4 Å². The largest absolute Gasteiger partial charge is 0.391 e. The lowest BCUT2D eigenvalue weighted by Gasteiger charge is -2.14. The summed E-state index contributed by atoms with van der Waals surface area (Å²) in [5.41, 5.74) is -0.652. The van der Waals surface area contributed by atoms with Crippen LogP contribution >= 0.6 is 11.8 Å². The number of rotatable bonds is 6. The van der Waals surface area contributed by atoms with Gasteiger partial charge in [-0.2, -0.15) is 11.8 Å². The Kier molecular flexibility index (Phi) is 5.72. The lowest BCUT2D eigenvalue weighted by atomic mass is 10.2. The molecule has 108 valence electrons. The second kappa shape index (κ2) is 6.65. The van der Waals surface area contributed by atoms with Crippen LogP contribution in [0.25, 0.3) is 0 Å². The van der Waals surface area contributed by atoms with E-state index >= 15 is 0 Å². The van der Waals surface area contributed by atoms with E-state index in [4.69, 9.17) is 5.11 Å². The molecule has 1 unspecified atom stereocenters. The van der Waals surface area contributed by atoms with Crippen LogP contribution in [0.3, 0.4) is 0 Å². The van der Waals surface area contributed by atoms with Gasteiger partial charge in [-0.15, -0.1) is 0 Å². The maximum atomic E-state index is 13.8. The van der Waals surface area contributed by atoms with E-state index < -0.39 is 38.7 Å². The Balaban J connectivity index is 3.15. The van der Waals surface area contributed by atoms with E-state index in [0.717, 1.165) is 12.1 Å². The van der Waals surface area contributed by atoms with Gasteiger partial charge in [0.05, 0.1) is 12.2 Å². The molecule has 0 saturated heterocycles. The van der Waals surface area contributed by atoms with Crippen molar-refractivity contribution in [3.8, 4) is 0 Å². The zero-order valence-corrected chi connectivity index (χ0v) is 12.1. The van der Waals surface area contributed by atoms with Gasteiger partial charge in [0.15, 0.2) is 5.82 Å². The van der Waals surface area contributed by atoms with Gasteiger partial charge in [-0.05, 0) is 25.3 Å². The van der Waals surface area contributed by atoms with Crippen LogP contribution in [0.4, 0.5) is 8.78 Å². The lowest BCUT2D eigenvalue weighted by Crippen LogP contribution is -2.34. The standard InChI is InChI=1S/C11H15F2NO3S2/c1-7(6-18-2)14-19(16,17)10-4-3-9(12)8(5-15)11(10)13/h3-4,7,14-15H,5-6H2,1-2H3. The minimum absolute atomic E-state index is 0.387. The zero-order chi connectivity index (χ0) is 14.6. The van der Waals surface area contributed by atoms with E-state index in [9.17, 15) is 17.2 Å². The van der Waals surface area contributed by atoms with Gasteiger partial charge in [-0.3, -0.25) is 0 Å². The second-order valence-corrected chi connectivity index (χ2v) is 6.57. The van der Waals surface area contributed by atoms with E-state index in [1.807, 2.05) is 6.26 Å². The van der Waals surface area contributed by atoms with Gasteiger partial charge in [0, 0.05) is 11.8 Å². The number of benzene rings is 1. The Bertz CT molecular complexity index is 549. The highest BCUT2D eigenvalue weighted by Crippen LogP contribution is 2.21. The number of halogens is 2. The molecule has 0 aliphatic carbocycles. The van der Waals surface area contributed by atoms with Crippen LogP contribution in [-0.2, 0) is 16.6 Å². The fraction of sp³-hybridized carbons (Fsp3) is 0.455. The Morgan fingerprint density at radius 1 is 1.42 bits per heavy atom. The molecular weight excluding hydrogens is 296 g/mol. The van der Waals surface area contributed by atoms with Crippen LogP contribution in [0.1, 0.15) is 12.5 Å². The summed E-state index contributed by atoms with van der Waals surface area (Å²) in [5, 5.41) is 8.86. The summed E-state index contributed by atoms with van der Waals surface area (Å²) in [5.74, 6) is -1.71. The van der Waals surface area contributed by atoms with Crippen molar-refractivity contribution in [3.63, 3.8) is 0 Å². The van der Waals surface area contributed by atoms with Crippen LogP contribution in [0, 0.1) is 11.6 Å². The fourth-order valence-corrected chi connectivity index (χ4v) is 3.58. The summed E-state index contributed by atoms with van der Waals surface area (Å²) in [6.45, 7) is 0.740. The first-order valence-corrected chi connectivity index (χ1v) is 8.30. The average molecular weight is 311 g/mol. The number of sulfonamides is 1. The Labute approximate surface area is 115 Å². The van der Waals surface area contributed by atoms with Gasteiger partial charge in [-0.1, -0.05) is 0 Å². The maximum absolute atomic E-state index is 13.8. The number of aliphatic hydroxyl groups is 1. The van der Waals surface area contributed by atoms with E-state index in [0.29, 0.717) is 5.75 Å². The smallest absolute Gasteiger partial charge is 0.243 e. The van der Waals surface area contributed by atoms with Crippen LogP contribution in [0.2, 0.25) is 0 Å². The van der Waals surface area contributed by atoms with Crippen molar-refractivity contribution >= 4 is 21.8 Å². The molecule has 0 radical (unpaired) electrons. The van der Waals surface area contributed by atoms with Gasteiger partial charge in [-0.25, -0.2) is 21.9 Å². The molecule has 0 spiro atoms. The molecule has 1 aromatic carbocycles. The van der Waals surface area contributed by atoms with Crippen molar-refractivity contribution in [2.24, 2.45) is 0 Å². The summed E-state index contributed by atoms with van der Waals surface area (Å²) in [7, 11) is -4.08. The third-order valence-electron chi connectivity index (χ3n) is 2.37. The first kappa shape index (κ1) is 16.4. The maximum Gasteiger partial charge on any atom is 0.243 e. The molecule has 8 heteroatoms. The Morgan fingerprint density at radius 2 is 2.05 bits per heavy atom. The van der Waals surface area contributed by atoms with E-state index in [1.165, 1.54) is 11.8 Å². The first-order valence-electron chi connectivity index (χ1n) is 5.42. The number of thioether (sulfide) groups is 1. The molecule has 0 aromatic heterocycles. The molecule has 0 fully saturated rings.